The summed E-state index contributed by atoms with van der Waals surface area (Å²) in [5.74, 6) is 0.0501. The summed E-state index contributed by atoms with van der Waals surface area (Å²) in [6.07, 6.45) is -1.55. The maximum absolute atomic E-state index is 13.3. The highest BCUT2D eigenvalue weighted by Gasteiger charge is 2.47. The van der Waals surface area contributed by atoms with Crippen molar-refractivity contribution in [2.75, 3.05) is 6.54 Å². The fraction of sp³-hybridized carbons (Fsp3) is 0.600. The second kappa shape index (κ2) is 10.3. The van der Waals surface area contributed by atoms with Crippen LogP contribution in [0.5, 0.6) is 0 Å². The number of halogens is 5. The van der Waals surface area contributed by atoms with Crippen LogP contribution in [-0.4, -0.2) is 39.1 Å². The third kappa shape index (κ3) is 6.15. The topological polar surface area (TPSA) is 67.2 Å². The third-order valence-electron chi connectivity index (χ3n) is 6.89. The minimum atomic E-state index is -4.35. The summed E-state index contributed by atoms with van der Waals surface area (Å²) in [6, 6.07) is 4.68. The fourth-order valence-electron chi connectivity index (χ4n) is 4.35. The Morgan fingerprint density at radius 2 is 1.89 bits per heavy atom. The van der Waals surface area contributed by atoms with Crippen LogP contribution in [0.1, 0.15) is 69.4 Å². The summed E-state index contributed by atoms with van der Waals surface area (Å²) >= 11 is 13.1. The molecule has 35 heavy (non-hydrogen) atoms. The zero-order valence-corrected chi connectivity index (χ0v) is 21.9. The van der Waals surface area contributed by atoms with Gasteiger partial charge in [-0.05, 0) is 56.6 Å². The van der Waals surface area contributed by atoms with Crippen molar-refractivity contribution in [3.63, 3.8) is 0 Å². The molecule has 1 saturated carbocycles. The first-order valence-electron chi connectivity index (χ1n) is 11.8. The van der Waals surface area contributed by atoms with Crippen LogP contribution in [0.4, 0.5) is 13.2 Å². The van der Waals surface area contributed by atoms with Gasteiger partial charge < -0.3 is 10.4 Å². The van der Waals surface area contributed by atoms with Gasteiger partial charge in [-0.2, -0.15) is 18.3 Å². The van der Waals surface area contributed by atoms with Crippen LogP contribution in [0.2, 0.25) is 10.0 Å². The molecule has 1 amide bonds. The van der Waals surface area contributed by atoms with Crippen molar-refractivity contribution >= 4 is 29.1 Å². The van der Waals surface area contributed by atoms with Gasteiger partial charge in [0.2, 0.25) is 0 Å². The lowest BCUT2D eigenvalue weighted by Gasteiger charge is -2.34. The van der Waals surface area contributed by atoms with Crippen molar-refractivity contribution in [1.29, 1.82) is 0 Å². The highest BCUT2D eigenvalue weighted by molar-refractivity contribution is 6.38. The number of amides is 1. The van der Waals surface area contributed by atoms with Crippen LogP contribution in [0.15, 0.2) is 18.2 Å². The summed E-state index contributed by atoms with van der Waals surface area (Å²) < 4.78 is 41.4. The minimum Gasteiger partial charge on any atom is -0.388 e. The molecular weight excluding hydrogens is 502 g/mol. The Kier molecular flexibility index (Phi) is 8.19. The van der Waals surface area contributed by atoms with Gasteiger partial charge in [-0.1, -0.05) is 56.1 Å². The first kappa shape index (κ1) is 27.8. The Morgan fingerprint density at radius 3 is 2.43 bits per heavy atom. The number of benzene rings is 1. The van der Waals surface area contributed by atoms with E-state index in [9.17, 15) is 23.1 Å². The van der Waals surface area contributed by atoms with Crippen molar-refractivity contribution in [3.8, 4) is 11.3 Å². The summed E-state index contributed by atoms with van der Waals surface area (Å²) in [6.45, 7) is 6.76. The smallest absolute Gasteiger partial charge is 0.388 e. The van der Waals surface area contributed by atoms with Crippen molar-refractivity contribution < 1.29 is 23.1 Å². The summed E-state index contributed by atoms with van der Waals surface area (Å²) in [4.78, 5) is 12.9. The molecule has 0 spiro atoms. The quantitative estimate of drug-likeness (QED) is 0.417. The lowest BCUT2D eigenvalue weighted by Crippen LogP contribution is -2.45. The molecule has 2 aromatic rings. The monoisotopic (exact) mass is 533 g/mol. The standard InChI is InChI=1S/C25H32Cl2F3N3O2/c1-5-33-21(17-7-6-16(12-18(17)26)13-23(3,4)25(28,29)30)19(27)20(32-33)22(34)31-14-24(35)10-8-15(2)9-11-24/h6-7,12,15,35H,5,8-11,13-14H2,1-4H3,(H,31,34). The average molecular weight is 534 g/mol. The van der Waals surface area contributed by atoms with Crippen molar-refractivity contribution in [2.45, 2.75) is 78.1 Å². The number of aryl methyl sites for hydroxylation is 1. The van der Waals surface area contributed by atoms with Gasteiger partial charge >= 0.3 is 6.18 Å². The molecule has 1 aromatic carbocycles. The van der Waals surface area contributed by atoms with E-state index in [-0.39, 0.29) is 28.7 Å². The summed E-state index contributed by atoms with van der Waals surface area (Å²) in [7, 11) is 0. The molecule has 0 aliphatic heterocycles. The Bertz CT molecular complexity index is 1070. The number of alkyl halides is 3. The Balaban J connectivity index is 1.83. The van der Waals surface area contributed by atoms with E-state index in [0.29, 0.717) is 42.1 Å². The summed E-state index contributed by atoms with van der Waals surface area (Å²) in [5, 5.41) is 18.2. The highest BCUT2D eigenvalue weighted by atomic mass is 35.5. The molecule has 5 nitrogen and oxygen atoms in total. The first-order valence-corrected chi connectivity index (χ1v) is 12.6. The number of hydrogen-bond acceptors (Lipinski definition) is 3. The van der Waals surface area contributed by atoms with Crippen molar-refractivity contribution in [2.24, 2.45) is 11.3 Å². The van der Waals surface area contributed by atoms with E-state index >= 15 is 0 Å². The SMILES string of the molecule is CCn1nc(C(=O)NCC2(O)CCC(C)CC2)c(Cl)c1-c1ccc(CC(C)(C)C(F)(F)F)cc1Cl. The molecule has 0 saturated heterocycles. The van der Waals surface area contributed by atoms with Crippen LogP contribution in [-0.2, 0) is 13.0 Å². The molecule has 0 unspecified atom stereocenters. The number of carbonyl (C=O) groups is 1. The van der Waals surface area contributed by atoms with Crippen LogP contribution in [0.3, 0.4) is 0 Å². The minimum absolute atomic E-state index is 0.00893. The molecule has 0 radical (unpaired) electrons. The maximum Gasteiger partial charge on any atom is 0.394 e. The molecule has 0 bridgehead atoms. The number of nitrogens with one attached hydrogen (secondary N) is 1. The van der Waals surface area contributed by atoms with E-state index in [1.807, 2.05) is 6.92 Å². The van der Waals surface area contributed by atoms with Crippen molar-refractivity contribution in [3.05, 3.63) is 39.5 Å². The Morgan fingerprint density at radius 1 is 1.26 bits per heavy atom. The molecule has 1 aromatic heterocycles. The Hall–Kier alpha value is -1.77. The fourth-order valence-corrected chi connectivity index (χ4v) is 4.96. The van der Waals surface area contributed by atoms with Crippen LogP contribution >= 0.6 is 23.2 Å². The number of rotatable bonds is 7. The van der Waals surface area contributed by atoms with Crippen LogP contribution in [0.25, 0.3) is 11.3 Å². The predicted octanol–water partition coefficient (Wildman–Crippen LogP) is 6.68. The molecular formula is C25H32Cl2F3N3O2. The maximum atomic E-state index is 13.3. The largest absolute Gasteiger partial charge is 0.394 e. The molecule has 1 fully saturated rings. The zero-order valence-electron chi connectivity index (χ0n) is 20.4. The zero-order chi connectivity index (χ0) is 26.2. The molecule has 194 valence electrons. The van der Waals surface area contributed by atoms with E-state index in [1.54, 1.807) is 12.1 Å². The van der Waals surface area contributed by atoms with E-state index in [2.05, 4.69) is 17.3 Å². The highest BCUT2D eigenvalue weighted by Crippen LogP contribution is 2.42. The van der Waals surface area contributed by atoms with E-state index in [4.69, 9.17) is 23.2 Å². The normalized spacial score (nSPS) is 21.3. The lowest BCUT2D eigenvalue weighted by atomic mass is 9.79. The molecule has 2 N–H and O–H groups in total. The summed E-state index contributed by atoms with van der Waals surface area (Å²) in [5.41, 5.74) is -1.53. The van der Waals surface area contributed by atoms with E-state index < -0.39 is 23.1 Å². The van der Waals surface area contributed by atoms with Gasteiger partial charge in [0.25, 0.3) is 5.91 Å². The molecule has 1 aliphatic carbocycles. The predicted molar refractivity (Wildman–Crippen MR) is 132 cm³/mol. The molecule has 3 rings (SSSR count). The van der Waals surface area contributed by atoms with Crippen LogP contribution < -0.4 is 5.32 Å². The van der Waals surface area contributed by atoms with Crippen LogP contribution in [0, 0.1) is 11.3 Å². The molecule has 0 atom stereocenters. The first-order chi connectivity index (χ1) is 16.2. The number of carbonyl (C=O) groups excluding carboxylic acids is 1. The van der Waals surface area contributed by atoms with E-state index in [0.717, 1.165) is 26.7 Å². The van der Waals surface area contributed by atoms with Gasteiger partial charge in [-0.25, -0.2) is 0 Å². The number of nitrogens with zero attached hydrogens (tertiary/aromatic N) is 2. The van der Waals surface area contributed by atoms with Gasteiger partial charge in [0.05, 0.1) is 26.8 Å². The number of aromatic nitrogens is 2. The molecule has 10 heteroatoms. The van der Waals surface area contributed by atoms with Gasteiger partial charge in [-0.15, -0.1) is 0 Å². The lowest BCUT2D eigenvalue weighted by molar-refractivity contribution is -0.211. The van der Waals surface area contributed by atoms with Crippen molar-refractivity contribution in [1.82, 2.24) is 15.1 Å². The van der Waals surface area contributed by atoms with E-state index in [1.165, 1.54) is 10.7 Å². The number of hydrogen-bond donors (Lipinski definition) is 2. The number of aliphatic hydroxyl groups is 1. The Labute approximate surface area is 214 Å². The average Bonchev–Trinajstić information content (AvgIpc) is 3.10. The second-order valence-electron chi connectivity index (χ2n) is 10.3. The van der Waals surface area contributed by atoms with Gasteiger partial charge in [-0.3, -0.25) is 9.48 Å². The van der Waals surface area contributed by atoms with Gasteiger partial charge in [0.1, 0.15) is 0 Å². The van der Waals surface area contributed by atoms with Gasteiger partial charge in [0, 0.05) is 18.7 Å². The third-order valence-corrected chi connectivity index (χ3v) is 7.57. The molecule has 1 aliphatic rings. The van der Waals surface area contributed by atoms with Gasteiger partial charge in [0.15, 0.2) is 5.69 Å². The second-order valence-corrected chi connectivity index (χ2v) is 11.1. The molecule has 1 heterocycles.